The largest absolute Gasteiger partial charge is 0.325 e. The lowest BCUT2D eigenvalue weighted by molar-refractivity contribution is -0.122. The normalized spacial score (nSPS) is 15.9. The summed E-state index contributed by atoms with van der Waals surface area (Å²) in [5, 5.41) is 3.48. The Kier molecular flexibility index (Phi) is 2.96. The van der Waals surface area contributed by atoms with Crippen LogP contribution in [0.15, 0.2) is 18.2 Å². The van der Waals surface area contributed by atoms with Crippen molar-refractivity contribution in [1.82, 2.24) is 0 Å². The highest BCUT2D eigenvalue weighted by Gasteiger charge is 2.25. The zero-order chi connectivity index (χ0) is 10.8. The number of anilines is 1. The summed E-state index contributed by atoms with van der Waals surface area (Å²) < 4.78 is 0. The van der Waals surface area contributed by atoms with Gasteiger partial charge in [0.15, 0.2) is 0 Å². The van der Waals surface area contributed by atoms with Crippen molar-refractivity contribution >= 4 is 23.2 Å². The third-order valence-electron chi connectivity index (χ3n) is 2.86. The third-order valence-corrected chi connectivity index (χ3v) is 3.17. The monoisotopic (exact) mass is 223 g/mol. The van der Waals surface area contributed by atoms with Crippen molar-refractivity contribution in [3.8, 4) is 0 Å². The van der Waals surface area contributed by atoms with E-state index in [4.69, 9.17) is 11.6 Å². The summed E-state index contributed by atoms with van der Waals surface area (Å²) in [5.41, 5.74) is 1.82. The zero-order valence-corrected chi connectivity index (χ0v) is 9.47. The van der Waals surface area contributed by atoms with Crippen molar-refractivity contribution in [2.75, 3.05) is 5.32 Å². The van der Waals surface area contributed by atoms with E-state index in [9.17, 15) is 4.79 Å². The van der Waals surface area contributed by atoms with Gasteiger partial charge in [0, 0.05) is 5.92 Å². The van der Waals surface area contributed by atoms with Crippen molar-refractivity contribution in [3.05, 3.63) is 28.8 Å². The lowest BCUT2D eigenvalue weighted by Gasteiger charge is -2.24. The standard InChI is InChI=1S/C12H14ClNO/c1-8-5-6-11(10(13)7-8)14-12(15)9-3-2-4-9/h5-7,9H,2-4H2,1H3,(H,14,15). The predicted octanol–water partition coefficient (Wildman–Crippen LogP) is 3.39. The van der Waals surface area contributed by atoms with Crippen molar-refractivity contribution in [2.24, 2.45) is 5.92 Å². The van der Waals surface area contributed by atoms with E-state index in [0.29, 0.717) is 5.02 Å². The Morgan fingerprint density at radius 1 is 1.47 bits per heavy atom. The average Bonchev–Trinajstić information content (AvgIpc) is 2.07. The van der Waals surface area contributed by atoms with Crippen LogP contribution in [-0.4, -0.2) is 5.91 Å². The Hall–Kier alpha value is -1.02. The molecule has 1 aliphatic carbocycles. The van der Waals surface area contributed by atoms with Crippen LogP contribution in [0.5, 0.6) is 0 Å². The number of halogens is 1. The Morgan fingerprint density at radius 2 is 2.20 bits per heavy atom. The highest BCUT2D eigenvalue weighted by molar-refractivity contribution is 6.33. The number of nitrogens with one attached hydrogen (secondary N) is 1. The van der Waals surface area contributed by atoms with Crippen LogP contribution < -0.4 is 5.32 Å². The van der Waals surface area contributed by atoms with Crippen molar-refractivity contribution in [2.45, 2.75) is 26.2 Å². The van der Waals surface area contributed by atoms with Crippen LogP contribution in [-0.2, 0) is 4.79 Å². The molecule has 1 aromatic carbocycles. The second-order valence-corrected chi connectivity index (χ2v) is 4.51. The summed E-state index contributed by atoms with van der Waals surface area (Å²) in [6.45, 7) is 1.98. The molecule has 0 atom stereocenters. The summed E-state index contributed by atoms with van der Waals surface area (Å²) in [4.78, 5) is 11.7. The molecular weight excluding hydrogens is 210 g/mol. The molecule has 0 unspecified atom stereocenters. The minimum Gasteiger partial charge on any atom is -0.325 e. The van der Waals surface area contributed by atoms with Gasteiger partial charge in [0.2, 0.25) is 5.91 Å². The molecule has 1 aromatic rings. The Bertz CT molecular complexity index is 385. The van der Waals surface area contributed by atoms with Crippen LogP contribution in [0, 0.1) is 12.8 Å². The number of hydrogen-bond acceptors (Lipinski definition) is 1. The van der Waals surface area contributed by atoms with Crippen molar-refractivity contribution < 1.29 is 4.79 Å². The fourth-order valence-corrected chi connectivity index (χ4v) is 1.91. The molecule has 1 saturated carbocycles. The molecule has 2 nitrogen and oxygen atoms in total. The molecule has 1 fully saturated rings. The molecule has 0 saturated heterocycles. The van der Waals surface area contributed by atoms with Crippen LogP contribution in [0.4, 0.5) is 5.69 Å². The maximum atomic E-state index is 11.7. The van der Waals surface area contributed by atoms with Gasteiger partial charge >= 0.3 is 0 Å². The molecule has 2 rings (SSSR count). The van der Waals surface area contributed by atoms with Crippen LogP contribution in [0.2, 0.25) is 5.02 Å². The zero-order valence-electron chi connectivity index (χ0n) is 8.72. The van der Waals surface area contributed by atoms with Crippen LogP contribution in [0.3, 0.4) is 0 Å². The first-order valence-corrected chi connectivity index (χ1v) is 5.61. The Balaban J connectivity index is 2.06. The average molecular weight is 224 g/mol. The molecule has 1 N–H and O–H groups in total. The van der Waals surface area contributed by atoms with Gasteiger partial charge in [-0.15, -0.1) is 0 Å². The van der Waals surface area contributed by atoms with E-state index in [1.54, 1.807) is 0 Å². The highest BCUT2D eigenvalue weighted by Crippen LogP contribution is 2.29. The van der Waals surface area contributed by atoms with E-state index < -0.39 is 0 Å². The maximum absolute atomic E-state index is 11.7. The highest BCUT2D eigenvalue weighted by atomic mass is 35.5. The first-order valence-electron chi connectivity index (χ1n) is 5.24. The molecule has 15 heavy (non-hydrogen) atoms. The molecule has 0 spiro atoms. The second-order valence-electron chi connectivity index (χ2n) is 4.10. The fraction of sp³-hybridized carbons (Fsp3) is 0.417. The van der Waals surface area contributed by atoms with Gasteiger partial charge in [-0.3, -0.25) is 4.79 Å². The van der Waals surface area contributed by atoms with E-state index in [1.807, 2.05) is 25.1 Å². The number of benzene rings is 1. The van der Waals surface area contributed by atoms with Crippen LogP contribution in [0.1, 0.15) is 24.8 Å². The predicted molar refractivity (Wildman–Crippen MR) is 62.2 cm³/mol. The van der Waals surface area contributed by atoms with Crippen LogP contribution >= 0.6 is 11.6 Å². The maximum Gasteiger partial charge on any atom is 0.227 e. The smallest absolute Gasteiger partial charge is 0.227 e. The number of carbonyl (C=O) groups excluding carboxylic acids is 1. The molecule has 3 heteroatoms. The van der Waals surface area contributed by atoms with E-state index in [-0.39, 0.29) is 11.8 Å². The summed E-state index contributed by atoms with van der Waals surface area (Å²) in [6.07, 6.45) is 3.18. The van der Waals surface area contributed by atoms with Gasteiger partial charge in [-0.25, -0.2) is 0 Å². The van der Waals surface area contributed by atoms with E-state index >= 15 is 0 Å². The summed E-state index contributed by atoms with van der Waals surface area (Å²) in [5.74, 6) is 0.300. The fourth-order valence-electron chi connectivity index (χ4n) is 1.63. The van der Waals surface area contributed by atoms with E-state index in [1.165, 1.54) is 6.42 Å². The molecule has 0 heterocycles. The summed E-state index contributed by atoms with van der Waals surface area (Å²) in [7, 11) is 0. The first-order chi connectivity index (χ1) is 7.16. The Morgan fingerprint density at radius 3 is 2.73 bits per heavy atom. The van der Waals surface area contributed by atoms with Gasteiger partial charge < -0.3 is 5.32 Å². The number of hydrogen-bond donors (Lipinski definition) is 1. The molecule has 0 radical (unpaired) electrons. The third kappa shape index (κ3) is 2.32. The van der Waals surface area contributed by atoms with E-state index in [0.717, 1.165) is 24.1 Å². The topological polar surface area (TPSA) is 29.1 Å². The molecule has 0 bridgehead atoms. The van der Waals surface area contributed by atoms with E-state index in [2.05, 4.69) is 5.32 Å². The molecule has 1 amide bonds. The summed E-state index contributed by atoms with van der Waals surface area (Å²) >= 11 is 6.02. The number of carbonyl (C=O) groups is 1. The lowest BCUT2D eigenvalue weighted by Crippen LogP contribution is -2.28. The molecule has 0 aliphatic heterocycles. The quantitative estimate of drug-likeness (QED) is 0.818. The van der Waals surface area contributed by atoms with Gasteiger partial charge in [0.25, 0.3) is 0 Å². The number of rotatable bonds is 2. The minimum absolute atomic E-state index is 0.104. The lowest BCUT2D eigenvalue weighted by atomic mass is 9.85. The molecular formula is C12H14ClNO. The number of aryl methyl sites for hydroxylation is 1. The number of amides is 1. The van der Waals surface area contributed by atoms with Gasteiger partial charge in [-0.1, -0.05) is 24.1 Å². The first kappa shape index (κ1) is 10.5. The summed E-state index contributed by atoms with van der Waals surface area (Å²) in [6, 6.07) is 5.66. The van der Waals surface area contributed by atoms with Crippen molar-refractivity contribution in [1.29, 1.82) is 0 Å². The van der Waals surface area contributed by atoms with Crippen LogP contribution in [0.25, 0.3) is 0 Å². The minimum atomic E-state index is 0.104. The van der Waals surface area contributed by atoms with Crippen molar-refractivity contribution in [3.63, 3.8) is 0 Å². The van der Waals surface area contributed by atoms with Gasteiger partial charge in [-0.2, -0.15) is 0 Å². The molecule has 0 aromatic heterocycles. The molecule has 1 aliphatic rings. The van der Waals surface area contributed by atoms with Gasteiger partial charge in [-0.05, 0) is 37.5 Å². The SMILES string of the molecule is Cc1ccc(NC(=O)C2CCC2)c(Cl)c1. The molecule has 80 valence electrons. The Labute approximate surface area is 94.6 Å². The van der Waals surface area contributed by atoms with Gasteiger partial charge in [0.05, 0.1) is 10.7 Å². The van der Waals surface area contributed by atoms with Gasteiger partial charge in [0.1, 0.15) is 0 Å². The second kappa shape index (κ2) is 4.23.